The molecule has 1 aromatic carbocycles. The lowest BCUT2D eigenvalue weighted by molar-refractivity contribution is -0.140. The van der Waals surface area contributed by atoms with Gasteiger partial charge in [-0.25, -0.2) is 13.8 Å². The Labute approximate surface area is 130 Å². The van der Waals surface area contributed by atoms with Crippen LogP contribution in [0.3, 0.4) is 0 Å². The van der Waals surface area contributed by atoms with Crippen LogP contribution in [0.25, 0.3) is 11.3 Å². The van der Waals surface area contributed by atoms with Crippen molar-refractivity contribution in [2.45, 2.75) is 6.18 Å². The number of alkyl halides is 3. The van der Waals surface area contributed by atoms with E-state index < -0.39 is 57.0 Å². The Bertz CT molecular complexity index is 843. The Kier molecular flexibility index (Phi) is 4.00. The summed E-state index contributed by atoms with van der Waals surface area (Å²) in [4.78, 5) is 6.97. The first kappa shape index (κ1) is 16.7. The molecule has 23 heavy (non-hydrogen) atoms. The molecule has 0 fully saturated rings. The minimum absolute atomic E-state index is 0.185. The summed E-state index contributed by atoms with van der Waals surface area (Å²) in [7, 11) is 0. The Morgan fingerprint density at radius 1 is 1.13 bits per heavy atom. The van der Waals surface area contributed by atoms with Gasteiger partial charge in [0.15, 0.2) is 11.6 Å². The molecule has 11 heteroatoms. The van der Waals surface area contributed by atoms with Crippen LogP contribution in [0, 0.1) is 23.0 Å². The highest BCUT2D eigenvalue weighted by Crippen LogP contribution is 2.40. The summed E-state index contributed by atoms with van der Waals surface area (Å²) in [5.41, 5.74) is 6.86. The fourth-order valence-electron chi connectivity index (χ4n) is 1.81. The van der Waals surface area contributed by atoms with E-state index in [1.54, 1.807) is 0 Å². The highest BCUT2D eigenvalue weighted by Gasteiger charge is 2.38. The molecule has 0 spiro atoms. The van der Waals surface area contributed by atoms with Gasteiger partial charge < -0.3 is 11.5 Å². The number of hydrogen-bond acceptors (Lipinski definition) is 5. The zero-order chi connectivity index (χ0) is 17.5. The van der Waals surface area contributed by atoms with Gasteiger partial charge in [-0.3, -0.25) is 0 Å². The predicted octanol–water partition coefficient (Wildman–Crippen LogP) is 3.13. The van der Waals surface area contributed by atoms with Crippen molar-refractivity contribution in [3.05, 3.63) is 33.9 Å². The third-order valence-corrected chi connectivity index (χ3v) is 3.06. The van der Waals surface area contributed by atoms with Crippen molar-refractivity contribution in [1.82, 2.24) is 9.97 Å². The largest absolute Gasteiger partial charge is 0.419 e. The molecule has 0 amide bonds. The second kappa shape index (κ2) is 5.51. The molecule has 120 valence electrons. The zero-order valence-corrected chi connectivity index (χ0v) is 11.6. The Balaban J connectivity index is 2.87. The smallest absolute Gasteiger partial charge is 0.382 e. The lowest BCUT2D eigenvalue weighted by Crippen LogP contribution is -2.12. The molecule has 4 N–H and O–H groups in total. The predicted molar refractivity (Wildman–Crippen MR) is 70.9 cm³/mol. The molecular formula is C12H5ClF5N5. The molecule has 0 saturated carbocycles. The third-order valence-electron chi connectivity index (χ3n) is 2.77. The summed E-state index contributed by atoms with van der Waals surface area (Å²) in [5, 5.41) is 8.18. The number of aromatic nitrogens is 2. The summed E-state index contributed by atoms with van der Waals surface area (Å²) in [6.07, 6.45) is -5.16. The van der Waals surface area contributed by atoms with Gasteiger partial charge in [-0.05, 0) is 6.07 Å². The van der Waals surface area contributed by atoms with Crippen molar-refractivity contribution in [2.75, 3.05) is 11.5 Å². The number of benzene rings is 1. The number of hydrogen-bond donors (Lipinski definition) is 2. The maximum absolute atomic E-state index is 14.1. The minimum atomic E-state index is -5.16. The van der Waals surface area contributed by atoms with Crippen LogP contribution in [0.5, 0.6) is 0 Å². The molecule has 0 atom stereocenters. The van der Waals surface area contributed by atoms with Gasteiger partial charge in [-0.1, -0.05) is 11.6 Å². The molecule has 0 saturated heterocycles. The highest BCUT2D eigenvalue weighted by molar-refractivity contribution is 6.33. The number of halogens is 6. The van der Waals surface area contributed by atoms with E-state index in [2.05, 4.69) is 9.97 Å². The average Bonchev–Trinajstić information content (AvgIpc) is 2.41. The first-order chi connectivity index (χ1) is 10.6. The van der Waals surface area contributed by atoms with Gasteiger partial charge in [-0.15, -0.1) is 0 Å². The van der Waals surface area contributed by atoms with Gasteiger partial charge in [0.1, 0.15) is 23.1 Å². The van der Waals surface area contributed by atoms with E-state index in [1.807, 2.05) is 0 Å². The molecule has 0 aliphatic rings. The number of rotatable bonds is 1. The number of nitrogen functional groups attached to an aromatic ring is 2. The molecule has 0 aliphatic heterocycles. The minimum Gasteiger partial charge on any atom is -0.382 e. The van der Waals surface area contributed by atoms with E-state index in [0.717, 1.165) is 0 Å². The van der Waals surface area contributed by atoms with Crippen LogP contribution >= 0.6 is 11.6 Å². The zero-order valence-electron chi connectivity index (χ0n) is 10.8. The Morgan fingerprint density at radius 3 is 2.26 bits per heavy atom. The Morgan fingerprint density at radius 2 is 1.74 bits per heavy atom. The molecule has 1 aromatic heterocycles. The lowest BCUT2D eigenvalue weighted by atomic mass is 10.0. The van der Waals surface area contributed by atoms with Crippen molar-refractivity contribution in [3.63, 3.8) is 0 Å². The van der Waals surface area contributed by atoms with Crippen LogP contribution in [0.2, 0.25) is 5.02 Å². The summed E-state index contributed by atoms with van der Waals surface area (Å²) >= 11 is 5.62. The third kappa shape index (κ3) is 2.83. The van der Waals surface area contributed by atoms with Gasteiger partial charge in [0.2, 0.25) is 5.95 Å². The van der Waals surface area contributed by atoms with Gasteiger partial charge >= 0.3 is 6.18 Å². The van der Waals surface area contributed by atoms with E-state index in [0.29, 0.717) is 0 Å². The van der Waals surface area contributed by atoms with Gasteiger partial charge in [0.05, 0.1) is 16.1 Å². The second-order valence-corrected chi connectivity index (χ2v) is 4.62. The Hall–Kier alpha value is -2.67. The average molecular weight is 350 g/mol. The molecule has 0 bridgehead atoms. The van der Waals surface area contributed by atoms with Crippen molar-refractivity contribution in [3.8, 4) is 17.3 Å². The van der Waals surface area contributed by atoms with E-state index in [9.17, 15) is 22.0 Å². The second-order valence-electron chi connectivity index (χ2n) is 4.21. The van der Waals surface area contributed by atoms with Crippen LogP contribution in [0.4, 0.5) is 33.7 Å². The molecule has 1 heterocycles. The topological polar surface area (TPSA) is 102 Å². The molecule has 0 unspecified atom stereocenters. The van der Waals surface area contributed by atoms with Crippen LogP contribution in [-0.4, -0.2) is 9.97 Å². The first-order valence-electron chi connectivity index (χ1n) is 5.66. The fraction of sp³-hybridized carbons (Fsp3) is 0.0833. The van der Waals surface area contributed by atoms with Crippen molar-refractivity contribution >= 4 is 23.4 Å². The van der Waals surface area contributed by atoms with E-state index in [-0.39, 0.29) is 6.07 Å². The quantitative estimate of drug-likeness (QED) is 0.608. The summed E-state index contributed by atoms with van der Waals surface area (Å²) in [5.74, 6) is -5.06. The monoisotopic (exact) mass is 349 g/mol. The molecule has 0 aliphatic carbocycles. The van der Waals surface area contributed by atoms with Crippen LogP contribution < -0.4 is 11.5 Å². The molecule has 0 radical (unpaired) electrons. The van der Waals surface area contributed by atoms with Crippen LogP contribution in [0.15, 0.2) is 6.07 Å². The maximum atomic E-state index is 14.1. The van der Waals surface area contributed by atoms with Gasteiger partial charge in [0, 0.05) is 0 Å². The van der Waals surface area contributed by atoms with Gasteiger partial charge in [-0.2, -0.15) is 23.4 Å². The fourth-order valence-corrected chi connectivity index (χ4v) is 2.09. The van der Waals surface area contributed by atoms with Crippen molar-refractivity contribution in [1.29, 1.82) is 5.26 Å². The standard InChI is InChI=1S/C12H5ClF5N5/c13-5-1-4(12(16,17)18)7(14)8(15)6(5)9-3(2-19)10(20)23-11(21)22-9/h1H,(H4,20,21,22,23). The lowest BCUT2D eigenvalue weighted by Gasteiger charge is -2.14. The maximum Gasteiger partial charge on any atom is 0.419 e. The highest BCUT2D eigenvalue weighted by atomic mass is 35.5. The SMILES string of the molecule is N#Cc1c(N)nc(N)nc1-c1c(Cl)cc(C(F)(F)F)c(F)c1F. The van der Waals surface area contributed by atoms with E-state index >= 15 is 0 Å². The molecule has 2 aromatic rings. The van der Waals surface area contributed by atoms with Crippen LogP contribution in [-0.2, 0) is 6.18 Å². The normalized spacial score (nSPS) is 11.3. The van der Waals surface area contributed by atoms with Crippen molar-refractivity contribution in [2.24, 2.45) is 0 Å². The van der Waals surface area contributed by atoms with Crippen LogP contribution in [0.1, 0.15) is 11.1 Å². The van der Waals surface area contributed by atoms with E-state index in [4.69, 9.17) is 28.3 Å². The molecule has 2 rings (SSSR count). The number of nitrogens with zero attached hydrogens (tertiary/aromatic N) is 3. The number of nitrogens with two attached hydrogens (primary N) is 2. The van der Waals surface area contributed by atoms with E-state index in [1.165, 1.54) is 6.07 Å². The summed E-state index contributed by atoms with van der Waals surface area (Å²) in [6, 6.07) is 1.72. The summed E-state index contributed by atoms with van der Waals surface area (Å²) in [6.45, 7) is 0. The molecular weight excluding hydrogens is 345 g/mol. The summed E-state index contributed by atoms with van der Waals surface area (Å²) < 4.78 is 65.7. The van der Waals surface area contributed by atoms with Crippen molar-refractivity contribution < 1.29 is 22.0 Å². The number of nitriles is 1. The van der Waals surface area contributed by atoms with Gasteiger partial charge in [0.25, 0.3) is 0 Å². The first-order valence-corrected chi connectivity index (χ1v) is 6.03. The number of anilines is 2. The molecule has 5 nitrogen and oxygen atoms in total.